The van der Waals surface area contributed by atoms with Crippen molar-refractivity contribution in [3.05, 3.63) is 50.0 Å². The van der Waals surface area contributed by atoms with Gasteiger partial charge in [0.1, 0.15) is 0 Å². The Morgan fingerprint density at radius 1 is 1.32 bits per heavy atom. The first kappa shape index (κ1) is 15.9. The van der Waals surface area contributed by atoms with Gasteiger partial charge in [-0.15, -0.1) is 0 Å². The van der Waals surface area contributed by atoms with E-state index in [1.54, 1.807) is 0 Å². The molecule has 0 spiro atoms. The highest BCUT2D eigenvalue weighted by Gasteiger charge is 2.57. The Morgan fingerprint density at radius 3 is 2.72 bits per heavy atom. The molecule has 3 heterocycles. The Hall–Kier alpha value is -2.62. The van der Waals surface area contributed by atoms with Crippen LogP contribution < -0.4 is 11.2 Å². The zero-order valence-electron chi connectivity index (χ0n) is 12.3. The molecule has 0 bridgehead atoms. The first-order chi connectivity index (χ1) is 11.8. The summed E-state index contributed by atoms with van der Waals surface area (Å²) in [6, 6.07) is 1.39. The highest BCUT2D eigenvalue weighted by atomic mass is 35.5. The third kappa shape index (κ3) is 2.62. The average molecular weight is 372 g/mol. The molecule has 11 heteroatoms. The second-order valence-corrected chi connectivity index (χ2v) is 6.16. The Labute approximate surface area is 141 Å². The largest absolute Gasteiger partial charge is 0.392 e. The summed E-state index contributed by atoms with van der Waals surface area (Å²) in [6.45, 7) is 0. The van der Waals surface area contributed by atoms with Crippen LogP contribution in [0.2, 0.25) is 5.15 Å². The fourth-order valence-electron chi connectivity index (χ4n) is 2.87. The lowest BCUT2D eigenvalue weighted by Gasteiger charge is -2.09. The molecule has 0 aromatic carbocycles. The molecule has 3 aromatic heterocycles. The second kappa shape index (κ2) is 5.19. The third-order valence-corrected chi connectivity index (χ3v) is 4.42. The number of nitrogens with one attached hydrogen (secondary N) is 2. The number of alkyl halides is 3. The molecule has 25 heavy (non-hydrogen) atoms. The number of nitrogens with zero attached hydrogens (tertiary/aromatic N) is 3. The van der Waals surface area contributed by atoms with Gasteiger partial charge in [-0.05, 0) is 18.4 Å². The second-order valence-electron chi connectivity index (χ2n) is 5.78. The molecular weight excluding hydrogens is 363 g/mol. The predicted octanol–water partition coefficient (Wildman–Crippen LogP) is 2.09. The van der Waals surface area contributed by atoms with E-state index in [0.29, 0.717) is 5.56 Å². The number of hydrogen-bond acceptors (Lipinski definition) is 4. The fraction of sp³-hybridized carbons (Fsp3) is 0.286. The average Bonchev–Trinajstić information content (AvgIpc) is 3.25. The van der Waals surface area contributed by atoms with Crippen LogP contribution in [0.3, 0.4) is 0 Å². The Morgan fingerprint density at radius 2 is 2.08 bits per heavy atom. The maximum Gasteiger partial charge on any atom is 0.392 e. The molecule has 1 aliphatic carbocycles. The van der Waals surface area contributed by atoms with Crippen molar-refractivity contribution in [1.29, 1.82) is 0 Å². The zero-order valence-corrected chi connectivity index (χ0v) is 13.0. The van der Waals surface area contributed by atoms with Crippen molar-refractivity contribution in [2.75, 3.05) is 0 Å². The smallest absolute Gasteiger partial charge is 0.313 e. The molecule has 3 aromatic rings. The summed E-state index contributed by atoms with van der Waals surface area (Å²) in [5, 5.41) is 4.25. The minimum atomic E-state index is -4.31. The van der Waals surface area contributed by atoms with E-state index >= 15 is 0 Å². The molecule has 0 radical (unpaired) electrons. The van der Waals surface area contributed by atoms with Gasteiger partial charge in [-0.25, -0.2) is 14.3 Å². The molecule has 0 aliphatic heterocycles. The van der Waals surface area contributed by atoms with E-state index in [9.17, 15) is 22.8 Å². The summed E-state index contributed by atoms with van der Waals surface area (Å²) in [7, 11) is 0. The summed E-state index contributed by atoms with van der Waals surface area (Å²) in [5.74, 6) is -2.24. The van der Waals surface area contributed by atoms with E-state index in [0.717, 1.165) is 6.20 Å². The van der Waals surface area contributed by atoms with Crippen molar-refractivity contribution in [1.82, 2.24) is 24.6 Å². The quantitative estimate of drug-likeness (QED) is 0.721. The Bertz CT molecular complexity index is 1100. The molecule has 4 rings (SSSR count). The van der Waals surface area contributed by atoms with Gasteiger partial charge < -0.3 is 4.98 Å². The van der Waals surface area contributed by atoms with Crippen LogP contribution in [0.4, 0.5) is 13.2 Å². The molecule has 1 saturated carbocycles. The van der Waals surface area contributed by atoms with Gasteiger partial charge in [0.2, 0.25) is 0 Å². The van der Waals surface area contributed by atoms with Gasteiger partial charge in [0.25, 0.3) is 5.56 Å². The van der Waals surface area contributed by atoms with Crippen LogP contribution in [0, 0.1) is 5.92 Å². The third-order valence-electron chi connectivity index (χ3n) is 4.16. The van der Waals surface area contributed by atoms with Crippen LogP contribution in [0.15, 0.2) is 28.0 Å². The van der Waals surface area contributed by atoms with Crippen molar-refractivity contribution in [2.24, 2.45) is 5.92 Å². The molecular formula is C14H9ClF3N5O2. The first-order valence-corrected chi connectivity index (χ1v) is 7.57. The van der Waals surface area contributed by atoms with Crippen molar-refractivity contribution < 1.29 is 13.2 Å². The van der Waals surface area contributed by atoms with Crippen LogP contribution in [-0.4, -0.2) is 30.7 Å². The van der Waals surface area contributed by atoms with E-state index in [-0.39, 0.29) is 28.5 Å². The van der Waals surface area contributed by atoms with Crippen molar-refractivity contribution in [2.45, 2.75) is 18.5 Å². The molecule has 2 N–H and O–H groups in total. The van der Waals surface area contributed by atoms with E-state index in [1.807, 2.05) is 4.98 Å². The normalized spacial score (nSPS) is 20.2. The fourth-order valence-corrected chi connectivity index (χ4v) is 3.04. The minimum Gasteiger partial charge on any atom is -0.313 e. The number of halogens is 4. The molecule has 0 unspecified atom stereocenters. The van der Waals surface area contributed by atoms with Crippen LogP contribution in [0.25, 0.3) is 16.9 Å². The standard InChI is InChI=1S/C14H9ClF3N5O2/c15-10-4-19-11-6(5-1-8(5)14(16,17)18)2-9(22-23(10)11)7-3-20-13(25)21-12(7)24/h2-5,8H,1H2,(H2,20,21,24,25)/t5-,8+/m1/s1. The summed E-state index contributed by atoms with van der Waals surface area (Å²) in [4.78, 5) is 31.5. The minimum absolute atomic E-state index is 0.0109. The molecule has 130 valence electrons. The van der Waals surface area contributed by atoms with Gasteiger partial charge in [-0.3, -0.25) is 9.78 Å². The highest BCUT2D eigenvalue weighted by Crippen LogP contribution is 2.57. The number of fused-ring (bicyclic) bond motifs is 1. The van der Waals surface area contributed by atoms with E-state index in [4.69, 9.17) is 11.6 Å². The molecule has 1 aliphatic rings. The van der Waals surface area contributed by atoms with Gasteiger partial charge >= 0.3 is 11.9 Å². The van der Waals surface area contributed by atoms with E-state index in [1.165, 1.54) is 16.8 Å². The number of aromatic nitrogens is 5. The van der Waals surface area contributed by atoms with Gasteiger partial charge in [0.05, 0.1) is 23.4 Å². The molecule has 2 atom stereocenters. The van der Waals surface area contributed by atoms with E-state index < -0.39 is 29.3 Å². The maximum absolute atomic E-state index is 13.0. The number of imidazole rings is 1. The summed E-state index contributed by atoms with van der Waals surface area (Å²) in [5.41, 5.74) is -0.781. The lowest BCUT2D eigenvalue weighted by Crippen LogP contribution is -2.23. The van der Waals surface area contributed by atoms with E-state index in [2.05, 4.69) is 15.1 Å². The Kier molecular flexibility index (Phi) is 3.29. The lowest BCUT2D eigenvalue weighted by atomic mass is 10.1. The summed E-state index contributed by atoms with van der Waals surface area (Å²) < 4.78 is 40.0. The van der Waals surface area contributed by atoms with Gasteiger partial charge in [0, 0.05) is 11.8 Å². The van der Waals surface area contributed by atoms with Crippen molar-refractivity contribution in [3.63, 3.8) is 0 Å². The van der Waals surface area contributed by atoms with Crippen LogP contribution >= 0.6 is 11.6 Å². The number of hydrogen-bond donors (Lipinski definition) is 2. The predicted molar refractivity (Wildman–Crippen MR) is 81.6 cm³/mol. The summed E-state index contributed by atoms with van der Waals surface area (Å²) >= 11 is 5.99. The molecule has 0 saturated heterocycles. The number of rotatable bonds is 2. The van der Waals surface area contributed by atoms with Crippen molar-refractivity contribution >= 4 is 17.2 Å². The number of H-pyrrole nitrogens is 2. The van der Waals surface area contributed by atoms with Gasteiger partial charge in [-0.2, -0.15) is 18.3 Å². The molecule has 0 amide bonds. The van der Waals surface area contributed by atoms with Crippen LogP contribution in [0.1, 0.15) is 17.9 Å². The topological polar surface area (TPSA) is 95.9 Å². The summed E-state index contributed by atoms with van der Waals surface area (Å²) in [6.07, 6.45) is -1.94. The molecule has 1 fully saturated rings. The van der Waals surface area contributed by atoms with Gasteiger partial charge in [-0.1, -0.05) is 11.6 Å². The Balaban J connectivity index is 1.91. The highest BCUT2D eigenvalue weighted by molar-refractivity contribution is 6.29. The number of aromatic amines is 2. The molecule has 7 nitrogen and oxygen atoms in total. The first-order valence-electron chi connectivity index (χ1n) is 7.19. The van der Waals surface area contributed by atoms with Gasteiger partial charge in [0.15, 0.2) is 10.8 Å². The monoisotopic (exact) mass is 371 g/mol. The lowest BCUT2D eigenvalue weighted by molar-refractivity contribution is -0.148. The SMILES string of the molecule is O=c1[nH]cc(-c2cc([C@H]3C[C@@H]3C(F)(F)F)c3ncc(Cl)n3n2)c(=O)[nH]1. The zero-order chi connectivity index (χ0) is 17.9. The van der Waals surface area contributed by atoms with Crippen LogP contribution in [-0.2, 0) is 0 Å². The maximum atomic E-state index is 13.0. The van der Waals surface area contributed by atoms with Crippen molar-refractivity contribution in [3.8, 4) is 11.3 Å². The van der Waals surface area contributed by atoms with Crippen LogP contribution in [0.5, 0.6) is 0 Å².